The standard InChI is InChI=1S/C44H68N2O2S/c1-6-10-14-18-34-45(35-19-15-11-7-2)41-28-24-39(25-29-41)44(49(47,48)43-32-22-38(5)23-33-43)40-26-30-42(31-27-40)46(36-20-16-12-8-3)37-21-17-13-9-4/h22-33,44H,6-21,34-37H2,1-5H3. The Labute approximate surface area is 301 Å². The minimum Gasteiger partial charge on any atom is -0.372 e. The Balaban J connectivity index is 1.94. The molecule has 3 aromatic carbocycles. The van der Waals surface area contributed by atoms with Gasteiger partial charge in [0.1, 0.15) is 5.25 Å². The Morgan fingerprint density at radius 1 is 0.449 bits per heavy atom. The quantitative estimate of drug-likeness (QED) is 0.0787. The topological polar surface area (TPSA) is 40.6 Å². The zero-order valence-corrected chi connectivity index (χ0v) is 32.6. The lowest BCUT2D eigenvalue weighted by Gasteiger charge is -2.27. The van der Waals surface area contributed by atoms with Crippen molar-refractivity contribution in [2.75, 3.05) is 36.0 Å². The van der Waals surface area contributed by atoms with Gasteiger partial charge < -0.3 is 9.80 Å². The summed E-state index contributed by atoms with van der Waals surface area (Å²) < 4.78 is 28.9. The summed E-state index contributed by atoms with van der Waals surface area (Å²) in [4.78, 5) is 5.41. The lowest BCUT2D eigenvalue weighted by Crippen LogP contribution is -2.26. The van der Waals surface area contributed by atoms with Crippen LogP contribution in [0, 0.1) is 6.92 Å². The summed E-state index contributed by atoms with van der Waals surface area (Å²) in [6.45, 7) is 15.2. The van der Waals surface area contributed by atoms with Gasteiger partial charge in [0.05, 0.1) is 4.90 Å². The number of unbranched alkanes of at least 4 members (excludes halogenated alkanes) is 12. The van der Waals surface area contributed by atoms with Crippen molar-refractivity contribution in [2.45, 2.75) is 147 Å². The van der Waals surface area contributed by atoms with Gasteiger partial charge in [-0.15, -0.1) is 0 Å². The molecule has 49 heavy (non-hydrogen) atoms. The number of anilines is 2. The molecular weight excluding hydrogens is 621 g/mol. The van der Waals surface area contributed by atoms with E-state index in [9.17, 15) is 8.42 Å². The molecule has 0 amide bonds. The third kappa shape index (κ3) is 13.5. The fourth-order valence-corrected chi connectivity index (χ4v) is 8.61. The maximum absolute atomic E-state index is 14.5. The molecule has 0 saturated heterocycles. The minimum absolute atomic E-state index is 0.373. The molecule has 0 aliphatic rings. The Morgan fingerprint density at radius 3 is 1.08 bits per heavy atom. The number of sulfone groups is 1. The summed E-state index contributed by atoms with van der Waals surface area (Å²) >= 11 is 0. The van der Waals surface area contributed by atoms with Crippen LogP contribution in [0.1, 0.15) is 152 Å². The molecular formula is C44H68N2O2S. The van der Waals surface area contributed by atoms with Gasteiger partial charge in [-0.3, -0.25) is 0 Å². The molecule has 0 aliphatic carbocycles. The first-order chi connectivity index (χ1) is 23.8. The van der Waals surface area contributed by atoms with E-state index in [4.69, 9.17) is 0 Å². The van der Waals surface area contributed by atoms with Crippen molar-refractivity contribution < 1.29 is 8.42 Å². The van der Waals surface area contributed by atoms with Crippen molar-refractivity contribution in [2.24, 2.45) is 0 Å². The van der Waals surface area contributed by atoms with Crippen molar-refractivity contribution in [1.29, 1.82) is 0 Å². The fraction of sp³-hybridized carbons (Fsp3) is 0.591. The van der Waals surface area contributed by atoms with Crippen molar-refractivity contribution in [3.05, 3.63) is 89.5 Å². The van der Waals surface area contributed by atoms with Crippen LogP contribution < -0.4 is 9.80 Å². The van der Waals surface area contributed by atoms with Crippen LogP contribution in [0.5, 0.6) is 0 Å². The largest absolute Gasteiger partial charge is 0.372 e. The van der Waals surface area contributed by atoms with Crippen molar-refractivity contribution in [3.8, 4) is 0 Å². The Kier molecular flexibility index (Phi) is 18.9. The van der Waals surface area contributed by atoms with Gasteiger partial charge in [-0.2, -0.15) is 0 Å². The van der Waals surface area contributed by atoms with Gasteiger partial charge in [-0.05, 0) is 80.1 Å². The molecule has 0 aliphatic heterocycles. The third-order valence-electron chi connectivity index (χ3n) is 9.91. The van der Waals surface area contributed by atoms with Crippen molar-refractivity contribution >= 4 is 21.2 Å². The molecule has 4 nitrogen and oxygen atoms in total. The van der Waals surface area contributed by atoms with E-state index in [0.717, 1.165) is 42.9 Å². The number of benzene rings is 3. The lowest BCUT2D eigenvalue weighted by molar-refractivity contribution is 0.589. The van der Waals surface area contributed by atoms with Crippen LogP contribution in [-0.4, -0.2) is 34.6 Å². The monoisotopic (exact) mass is 689 g/mol. The minimum atomic E-state index is -3.70. The lowest BCUT2D eigenvalue weighted by atomic mass is 10.0. The summed E-state index contributed by atoms with van der Waals surface area (Å²) in [5, 5.41) is -0.775. The van der Waals surface area contributed by atoms with E-state index in [2.05, 4.69) is 86.0 Å². The second-order valence-electron chi connectivity index (χ2n) is 14.1. The van der Waals surface area contributed by atoms with Crippen LogP contribution in [0.2, 0.25) is 0 Å². The molecule has 0 saturated carbocycles. The maximum atomic E-state index is 14.5. The average molecular weight is 689 g/mol. The van der Waals surface area contributed by atoms with Gasteiger partial charge in [0.25, 0.3) is 0 Å². The molecule has 0 fully saturated rings. The Hall–Kier alpha value is -2.79. The summed E-state index contributed by atoms with van der Waals surface area (Å²) in [7, 11) is -3.70. The first-order valence-corrected chi connectivity index (χ1v) is 21.4. The highest BCUT2D eigenvalue weighted by molar-refractivity contribution is 7.91. The van der Waals surface area contributed by atoms with E-state index in [1.54, 1.807) is 12.1 Å². The normalized spacial score (nSPS) is 11.7. The Bertz CT molecular complexity index is 1290. The summed E-state index contributed by atoms with van der Waals surface area (Å²) in [5.74, 6) is 0. The number of hydrogen-bond donors (Lipinski definition) is 0. The van der Waals surface area contributed by atoms with Gasteiger partial charge in [-0.25, -0.2) is 8.42 Å². The highest BCUT2D eigenvalue weighted by Crippen LogP contribution is 2.37. The zero-order valence-electron chi connectivity index (χ0n) is 31.8. The predicted octanol–water partition coefficient (Wildman–Crippen LogP) is 12.5. The van der Waals surface area contributed by atoms with Gasteiger partial charge in [-0.1, -0.05) is 147 Å². The number of hydrogen-bond acceptors (Lipinski definition) is 4. The van der Waals surface area contributed by atoms with Crippen LogP contribution in [0.4, 0.5) is 11.4 Å². The van der Waals surface area contributed by atoms with Gasteiger partial charge in [0.2, 0.25) is 0 Å². The number of aryl methyl sites for hydroxylation is 1. The van der Waals surface area contributed by atoms with E-state index >= 15 is 0 Å². The second kappa shape index (κ2) is 22.8. The summed E-state index contributed by atoms with van der Waals surface area (Å²) in [6, 6.07) is 24.3. The molecule has 3 aromatic rings. The zero-order chi connectivity index (χ0) is 35.3. The molecule has 272 valence electrons. The molecule has 0 unspecified atom stereocenters. The van der Waals surface area contributed by atoms with Gasteiger partial charge in [0, 0.05) is 37.6 Å². The van der Waals surface area contributed by atoms with E-state index in [1.165, 1.54) is 114 Å². The molecule has 0 atom stereocenters. The summed E-state index contributed by atoms with van der Waals surface area (Å²) in [5.41, 5.74) is 5.09. The van der Waals surface area contributed by atoms with E-state index < -0.39 is 15.1 Å². The molecule has 5 heteroatoms. The van der Waals surface area contributed by atoms with Crippen LogP contribution >= 0.6 is 0 Å². The number of rotatable bonds is 26. The molecule has 3 rings (SSSR count). The smallest absolute Gasteiger partial charge is 0.189 e. The number of nitrogens with zero attached hydrogens (tertiary/aromatic N) is 2. The molecule has 0 radical (unpaired) electrons. The molecule has 0 heterocycles. The first-order valence-electron chi connectivity index (χ1n) is 19.9. The van der Waals surface area contributed by atoms with E-state index in [1.807, 2.05) is 19.1 Å². The maximum Gasteiger partial charge on any atom is 0.189 e. The van der Waals surface area contributed by atoms with Crippen LogP contribution in [0.15, 0.2) is 77.7 Å². The molecule has 0 aromatic heterocycles. The highest BCUT2D eigenvalue weighted by atomic mass is 32.2. The van der Waals surface area contributed by atoms with Crippen molar-refractivity contribution in [1.82, 2.24) is 0 Å². The average Bonchev–Trinajstić information content (AvgIpc) is 3.11. The van der Waals surface area contributed by atoms with Crippen LogP contribution in [0.25, 0.3) is 0 Å². The van der Waals surface area contributed by atoms with Crippen molar-refractivity contribution in [3.63, 3.8) is 0 Å². The third-order valence-corrected chi connectivity index (χ3v) is 12.0. The van der Waals surface area contributed by atoms with Crippen LogP contribution in [-0.2, 0) is 9.84 Å². The van der Waals surface area contributed by atoms with Crippen LogP contribution in [0.3, 0.4) is 0 Å². The molecule has 0 bridgehead atoms. The SMILES string of the molecule is CCCCCCN(CCCCCC)c1ccc(C(c2ccc(N(CCCCCC)CCCCCC)cc2)S(=O)(=O)c2ccc(C)cc2)cc1. The second-order valence-corrected chi connectivity index (χ2v) is 16.2. The molecule has 0 spiro atoms. The van der Waals surface area contributed by atoms with E-state index in [-0.39, 0.29) is 0 Å². The van der Waals surface area contributed by atoms with E-state index in [0.29, 0.717) is 4.90 Å². The highest BCUT2D eigenvalue weighted by Gasteiger charge is 2.31. The summed E-state index contributed by atoms with van der Waals surface area (Å²) in [6.07, 6.45) is 19.8. The first kappa shape index (κ1) is 40.6. The molecule has 0 N–H and O–H groups in total. The predicted molar refractivity (Wildman–Crippen MR) is 214 cm³/mol. The van der Waals surface area contributed by atoms with Gasteiger partial charge >= 0.3 is 0 Å². The Morgan fingerprint density at radius 2 is 0.776 bits per heavy atom. The van der Waals surface area contributed by atoms with Gasteiger partial charge in [0.15, 0.2) is 9.84 Å². The fourth-order valence-electron chi connectivity index (χ4n) is 6.79.